The van der Waals surface area contributed by atoms with E-state index in [9.17, 15) is 8.78 Å². The highest BCUT2D eigenvalue weighted by Crippen LogP contribution is 2.40. The molecule has 4 nitrogen and oxygen atoms in total. The summed E-state index contributed by atoms with van der Waals surface area (Å²) in [6, 6.07) is 1.81. The highest BCUT2D eigenvalue weighted by molar-refractivity contribution is 5.09. The third-order valence-electron chi connectivity index (χ3n) is 3.78. The molecule has 102 valence electrons. The fourth-order valence-corrected chi connectivity index (χ4v) is 2.73. The Bertz CT molecular complexity index is 381. The summed E-state index contributed by atoms with van der Waals surface area (Å²) in [5.74, 6) is 3.26. The number of nitrogens with zero attached hydrogens (tertiary/aromatic N) is 2. The second-order valence-corrected chi connectivity index (χ2v) is 4.91. The number of hydrogen-bond donors (Lipinski definition) is 2. The molecule has 0 saturated heterocycles. The molecule has 1 heterocycles. The van der Waals surface area contributed by atoms with E-state index in [0.29, 0.717) is 12.8 Å². The van der Waals surface area contributed by atoms with Crippen molar-refractivity contribution in [3.05, 3.63) is 18.0 Å². The van der Waals surface area contributed by atoms with Crippen LogP contribution in [-0.4, -0.2) is 15.7 Å². The molecule has 1 atom stereocenters. The molecule has 1 aromatic rings. The van der Waals surface area contributed by atoms with Crippen molar-refractivity contribution in [1.82, 2.24) is 15.2 Å². The molecule has 0 radical (unpaired) electrons. The molecule has 1 saturated carbocycles. The van der Waals surface area contributed by atoms with E-state index in [0.717, 1.165) is 12.2 Å². The van der Waals surface area contributed by atoms with E-state index in [4.69, 9.17) is 5.84 Å². The molecular formula is C12H20F2N4. The van der Waals surface area contributed by atoms with Crippen LogP contribution in [-0.2, 0) is 6.54 Å². The monoisotopic (exact) mass is 258 g/mol. The maximum Gasteiger partial charge on any atom is 0.248 e. The first kappa shape index (κ1) is 13.4. The Morgan fingerprint density at radius 3 is 2.78 bits per heavy atom. The van der Waals surface area contributed by atoms with Gasteiger partial charge in [0.25, 0.3) is 0 Å². The number of rotatable bonds is 4. The lowest BCUT2D eigenvalue weighted by molar-refractivity contribution is -0.0501. The average Bonchev–Trinajstić information content (AvgIpc) is 2.80. The first-order valence-electron chi connectivity index (χ1n) is 6.43. The van der Waals surface area contributed by atoms with Crippen molar-refractivity contribution in [3.63, 3.8) is 0 Å². The van der Waals surface area contributed by atoms with Gasteiger partial charge in [0, 0.05) is 25.6 Å². The molecule has 1 aliphatic rings. The molecule has 0 spiro atoms. The zero-order valence-electron chi connectivity index (χ0n) is 10.6. The van der Waals surface area contributed by atoms with Gasteiger partial charge in [-0.15, -0.1) is 0 Å². The van der Waals surface area contributed by atoms with Crippen molar-refractivity contribution in [1.29, 1.82) is 0 Å². The topological polar surface area (TPSA) is 55.9 Å². The Morgan fingerprint density at radius 1 is 1.56 bits per heavy atom. The summed E-state index contributed by atoms with van der Waals surface area (Å²) in [5.41, 5.74) is 3.75. The van der Waals surface area contributed by atoms with E-state index < -0.39 is 5.92 Å². The SMILES string of the molecule is CCn1nccc1C(NN)C1CCC(F)(F)CC1. The number of alkyl halides is 2. The molecule has 1 fully saturated rings. The van der Waals surface area contributed by atoms with Crippen LogP contribution in [0.5, 0.6) is 0 Å². The maximum absolute atomic E-state index is 13.2. The van der Waals surface area contributed by atoms with E-state index in [1.807, 2.05) is 17.7 Å². The third kappa shape index (κ3) is 2.70. The van der Waals surface area contributed by atoms with Crippen molar-refractivity contribution >= 4 is 0 Å². The van der Waals surface area contributed by atoms with E-state index in [2.05, 4.69) is 10.5 Å². The number of hydrogen-bond acceptors (Lipinski definition) is 3. The predicted molar refractivity (Wildman–Crippen MR) is 64.9 cm³/mol. The van der Waals surface area contributed by atoms with Gasteiger partial charge in [-0.05, 0) is 31.7 Å². The quantitative estimate of drug-likeness (QED) is 0.643. The van der Waals surface area contributed by atoms with Crippen LogP contribution in [0.1, 0.15) is 44.3 Å². The van der Waals surface area contributed by atoms with E-state index in [1.165, 1.54) is 0 Å². The maximum atomic E-state index is 13.2. The molecule has 3 N–H and O–H groups in total. The normalized spacial score (nSPS) is 22.0. The fourth-order valence-electron chi connectivity index (χ4n) is 2.73. The van der Waals surface area contributed by atoms with Crippen molar-refractivity contribution in [2.45, 2.75) is 51.1 Å². The average molecular weight is 258 g/mol. The Hall–Kier alpha value is -1.01. The smallest absolute Gasteiger partial charge is 0.248 e. The van der Waals surface area contributed by atoms with Crippen LogP contribution in [0.4, 0.5) is 8.78 Å². The molecule has 0 aromatic carbocycles. The first-order valence-corrected chi connectivity index (χ1v) is 6.43. The standard InChI is InChI=1S/C12H20F2N4/c1-2-18-10(5-8-16-18)11(17-15)9-3-6-12(13,14)7-4-9/h5,8-9,11,17H,2-4,6-7,15H2,1H3. The summed E-state index contributed by atoms with van der Waals surface area (Å²) in [6.07, 6.45) is 2.63. The number of aromatic nitrogens is 2. The number of nitrogens with one attached hydrogen (secondary N) is 1. The minimum atomic E-state index is -2.50. The third-order valence-corrected chi connectivity index (χ3v) is 3.78. The van der Waals surface area contributed by atoms with Crippen LogP contribution in [0.25, 0.3) is 0 Å². The molecule has 0 amide bonds. The number of hydrazine groups is 1. The van der Waals surface area contributed by atoms with Gasteiger partial charge in [-0.3, -0.25) is 16.0 Å². The van der Waals surface area contributed by atoms with E-state index in [1.54, 1.807) is 6.20 Å². The van der Waals surface area contributed by atoms with Crippen LogP contribution in [0, 0.1) is 5.92 Å². The largest absolute Gasteiger partial charge is 0.271 e. The van der Waals surface area contributed by atoms with Crippen LogP contribution in [0.2, 0.25) is 0 Å². The summed E-state index contributed by atoms with van der Waals surface area (Å²) in [5, 5.41) is 4.20. The zero-order valence-corrected chi connectivity index (χ0v) is 10.6. The van der Waals surface area contributed by atoms with Crippen LogP contribution in [0.15, 0.2) is 12.3 Å². The van der Waals surface area contributed by atoms with Crippen LogP contribution >= 0.6 is 0 Å². The first-order chi connectivity index (χ1) is 8.57. The molecule has 1 unspecified atom stereocenters. The van der Waals surface area contributed by atoms with Gasteiger partial charge < -0.3 is 0 Å². The number of halogens is 2. The van der Waals surface area contributed by atoms with E-state index >= 15 is 0 Å². The molecule has 18 heavy (non-hydrogen) atoms. The second kappa shape index (κ2) is 5.32. The van der Waals surface area contributed by atoms with E-state index in [-0.39, 0.29) is 24.8 Å². The van der Waals surface area contributed by atoms with Crippen LogP contribution < -0.4 is 11.3 Å². The lowest BCUT2D eigenvalue weighted by Gasteiger charge is -2.33. The highest BCUT2D eigenvalue weighted by atomic mass is 19.3. The summed E-state index contributed by atoms with van der Waals surface area (Å²) in [7, 11) is 0. The van der Waals surface area contributed by atoms with Gasteiger partial charge in [0.05, 0.1) is 11.7 Å². The van der Waals surface area contributed by atoms with Gasteiger partial charge in [0.15, 0.2) is 0 Å². The van der Waals surface area contributed by atoms with Gasteiger partial charge in [0.1, 0.15) is 0 Å². The molecule has 0 bridgehead atoms. The van der Waals surface area contributed by atoms with Crippen LogP contribution in [0.3, 0.4) is 0 Å². The highest BCUT2D eigenvalue weighted by Gasteiger charge is 2.38. The molecule has 1 aliphatic carbocycles. The molecular weight excluding hydrogens is 238 g/mol. The molecule has 1 aromatic heterocycles. The molecule has 2 rings (SSSR count). The lowest BCUT2D eigenvalue weighted by Crippen LogP contribution is -2.38. The van der Waals surface area contributed by atoms with Gasteiger partial charge in [-0.25, -0.2) is 8.78 Å². The zero-order chi connectivity index (χ0) is 13.2. The Balaban J connectivity index is 2.10. The number of aryl methyl sites for hydroxylation is 1. The fraction of sp³-hybridized carbons (Fsp3) is 0.750. The minimum Gasteiger partial charge on any atom is -0.271 e. The van der Waals surface area contributed by atoms with Gasteiger partial charge in [-0.2, -0.15) is 5.10 Å². The number of nitrogens with two attached hydrogens (primary N) is 1. The summed E-state index contributed by atoms with van der Waals surface area (Å²) < 4.78 is 28.2. The lowest BCUT2D eigenvalue weighted by atomic mass is 9.81. The Labute approximate surface area is 106 Å². The van der Waals surface area contributed by atoms with Crippen molar-refractivity contribution < 1.29 is 8.78 Å². The molecule has 0 aliphatic heterocycles. The van der Waals surface area contributed by atoms with Crippen molar-refractivity contribution in [2.24, 2.45) is 11.8 Å². The second-order valence-electron chi connectivity index (χ2n) is 4.91. The summed E-state index contributed by atoms with van der Waals surface area (Å²) >= 11 is 0. The Kier molecular flexibility index (Phi) is 3.97. The Morgan fingerprint density at radius 2 is 2.22 bits per heavy atom. The summed E-state index contributed by atoms with van der Waals surface area (Å²) in [4.78, 5) is 0. The minimum absolute atomic E-state index is 0.0455. The van der Waals surface area contributed by atoms with Crippen molar-refractivity contribution in [3.8, 4) is 0 Å². The molecule has 6 heteroatoms. The van der Waals surface area contributed by atoms with Gasteiger partial charge in [0.2, 0.25) is 5.92 Å². The van der Waals surface area contributed by atoms with Crippen molar-refractivity contribution in [2.75, 3.05) is 0 Å². The summed E-state index contributed by atoms with van der Waals surface area (Å²) in [6.45, 7) is 2.75. The predicted octanol–water partition coefficient (Wildman–Crippen LogP) is 2.23. The van der Waals surface area contributed by atoms with Gasteiger partial charge >= 0.3 is 0 Å². The van der Waals surface area contributed by atoms with Gasteiger partial charge in [-0.1, -0.05) is 0 Å².